The van der Waals surface area contributed by atoms with Crippen molar-refractivity contribution in [3.63, 3.8) is 0 Å². The first-order valence-corrected chi connectivity index (χ1v) is 7.36. The second-order valence-corrected chi connectivity index (χ2v) is 5.79. The molecule has 1 aromatic carbocycles. The van der Waals surface area contributed by atoms with Crippen LogP contribution in [0.25, 0.3) is 5.69 Å². The van der Waals surface area contributed by atoms with Crippen LogP contribution in [-0.2, 0) is 6.42 Å². The van der Waals surface area contributed by atoms with E-state index in [0.717, 1.165) is 35.5 Å². The molecule has 0 radical (unpaired) electrons. The van der Waals surface area contributed by atoms with Crippen molar-refractivity contribution in [1.82, 2.24) is 25.5 Å². The first-order valence-electron chi connectivity index (χ1n) is 6.57. The minimum atomic E-state index is 0.682. The van der Waals surface area contributed by atoms with E-state index in [9.17, 15) is 0 Å². The molecule has 2 heterocycles. The lowest BCUT2D eigenvalue weighted by Gasteiger charge is -2.20. The van der Waals surface area contributed by atoms with Gasteiger partial charge in [-0.15, -0.1) is 15.0 Å². The normalized spacial score (nSPS) is 16.7. The molecule has 0 atom stereocenters. The first kappa shape index (κ1) is 12.7. The lowest BCUT2D eigenvalue weighted by molar-refractivity contribution is 0.367. The second-order valence-electron chi connectivity index (χ2n) is 4.87. The van der Waals surface area contributed by atoms with Gasteiger partial charge in [0, 0.05) is 10.9 Å². The van der Waals surface area contributed by atoms with Gasteiger partial charge < -0.3 is 5.32 Å². The van der Waals surface area contributed by atoms with Gasteiger partial charge in [-0.1, -0.05) is 22.0 Å². The number of halogens is 1. The molecule has 0 bridgehead atoms. The van der Waals surface area contributed by atoms with Gasteiger partial charge in [0.05, 0.1) is 5.69 Å². The molecule has 0 unspecified atom stereocenters. The Morgan fingerprint density at radius 1 is 1.32 bits per heavy atom. The van der Waals surface area contributed by atoms with Gasteiger partial charge in [0.2, 0.25) is 0 Å². The Bertz CT molecular complexity index is 547. The van der Waals surface area contributed by atoms with Gasteiger partial charge in [-0.25, -0.2) is 0 Å². The summed E-state index contributed by atoms with van der Waals surface area (Å²) in [7, 11) is 0. The number of rotatable bonds is 3. The van der Waals surface area contributed by atoms with Gasteiger partial charge in [-0.3, -0.25) is 0 Å². The van der Waals surface area contributed by atoms with Gasteiger partial charge in [-0.2, -0.15) is 0 Å². The summed E-state index contributed by atoms with van der Waals surface area (Å²) in [6.45, 7) is 2.20. The van der Waals surface area contributed by atoms with Crippen LogP contribution in [0.3, 0.4) is 0 Å². The Labute approximate surface area is 120 Å². The molecule has 1 saturated heterocycles. The summed E-state index contributed by atoms with van der Waals surface area (Å²) in [5.41, 5.74) is 0.929. The molecule has 1 N–H and O–H groups in total. The molecule has 2 aromatic rings. The molecule has 1 aromatic heterocycles. The molecule has 0 aliphatic carbocycles. The largest absolute Gasteiger partial charge is 0.317 e. The summed E-state index contributed by atoms with van der Waals surface area (Å²) in [5.74, 6) is 1.52. The number of hydrogen-bond donors (Lipinski definition) is 1. The van der Waals surface area contributed by atoms with Crippen molar-refractivity contribution in [3.8, 4) is 5.69 Å². The second kappa shape index (κ2) is 5.79. The smallest absolute Gasteiger partial charge is 0.175 e. The molecular formula is C13H16BrN5. The van der Waals surface area contributed by atoms with Gasteiger partial charge >= 0.3 is 0 Å². The number of aromatic nitrogens is 4. The highest BCUT2D eigenvalue weighted by Crippen LogP contribution is 2.17. The number of hydrogen-bond acceptors (Lipinski definition) is 4. The summed E-state index contributed by atoms with van der Waals surface area (Å²) < 4.78 is 1.02. The van der Waals surface area contributed by atoms with E-state index >= 15 is 0 Å². The van der Waals surface area contributed by atoms with Gasteiger partial charge in [0.1, 0.15) is 0 Å². The van der Waals surface area contributed by atoms with Crippen molar-refractivity contribution in [2.24, 2.45) is 5.92 Å². The third kappa shape index (κ3) is 3.19. The standard InChI is InChI=1S/C13H16BrN5/c14-11-2-1-3-12(9-11)19-17-13(16-18-19)8-10-4-6-15-7-5-10/h1-3,9-10,15H,4-8H2. The van der Waals surface area contributed by atoms with Gasteiger partial charge in [-0.05, 0) is 55.3 Å². The van der Waals surface area contributed by atoms with Crippen LogP contribution >= 0.6 is 15.9 Å². The number of benzene rings is 1. The van der Waals surface area contributed by atoms with E-state index in [1.54, 1.807) is 4.80 Å². The van der Waals surface area contributed by atoms with E-state index in [1.165, 1.54) is 12.8 Å². The predicted molar refractivity (Wildman–Crippen MR) is 76.2 cm³/mol. The summed E-state index contributed by atoms with van der Waals surface area (Å²) in [6.07, 6.45) is 3.33. The molecule has 100 valence electrons. The average molecular weight is 322 g/mol. The molecule has 5 nitrogen and oxygen atoms in total. The Hall–Kier alpha value is -1.27. The Balaban J connectivity index is 1.72. The zero-order valence-corrected chi connectivity index (χ0v) is 12.2. The minimum absolute atomic E-state index is 0.682. The van der Waals surface area contributed by atoms with Crippen LogP contribution in [0.2, 0.25) is 0 Å². The fourth-order valence-corrected chi connectivity index (χ4v) is 2.77. The highest BCUT2D eigenvalue weighted by atomic mass is 79.9. The zero-order chi connectivity index (χ0) is 13.1. The van der Waals surface area contributed by atoms with Gasteiger partial charge in [0.25, 0.3) is 0 Å². The number of piperidine rings is 1. The predicted octanol–water partition coefficient (Wildman–Crippen LogP) is 1.97. The molecule has 0 saturated carbocycles. The summed E-state index contributed by atoms with van der Waals surface area (Å²) >= 11 is 3.45. The molecule has 1 aliphatic heterocycles. The van der Waals surface area contributed by atoms with E-state index in [4.69, 9.17) is 0 Å². The Morgan fingerprint density at radius 3 is 2.95 bits per heavy atom. The first-order chi connectivity index (χ1) is 9.31. The zero-order valence-electron chi connectivity index (χ0n) is 10.6. The van der Waals surface area contributed by atoms with Crippen LogP contribution < -0.4 is 5.32 Å². The quantitative estimate of drug-likeness (QED) is 0.939. The monoisotopic (exact) mass is 321 g/mol. The molecular weight excluding hydrogens is 306 g/mol. The highest BCUT2D eigenvalue weighted by Gasteiger charge is 2.16. The lowest BCUT2D eigenvalue weighted by atomic mass is 9.94. The van der Waals surface area contributed by atoms with Gasteiger partial charge in [0.15, 0.2) is 5.82 Å². The van der Waals surface area contributed by atoms with Crippen molar-refractivity contribution in [2.45, 2.75) is 19.3 Å². The Kier molecular flexibility index (Phi) is 3.89. The SMILES string of the molecule is Brc1cccc(-n2nnc(CC3CCNCC3)n2)c1. The number of nitrogens with one attached hydrogen (secondary N) is 1. The maximum Gasteiger partial charge on any atom is 0.175 e. The molecule has 6 heteroatoms. The minimum Gasteiger partial charge on any atom is -0.317 e. The fourth-order valence-electron chi connectivity index (χ4n) is 2.38. The van der Waals surface area contributed by atoms with Crippen LogP contribution in [0.4, 0.5) is 0 Å². The maximum atomic E-state index is 4.47. The van der Waals surface area contributed by atoms with E-state index < -0.39 is 0 Å². The fraction of sp³-hybridized carbons (Fsp3) is 0.462. The number of tetrazole rings is 1. The molecule has 0 spiro atoms. The van der Waals surface area contributed by atoms with E-state index in [-0.39, 0.29) is 0 Å². The van der Waals surface area contributed by atoms with Crippen LogP contribution in [0.1, 0.15) is 18.7 Å². The van der Waals surface area contributed by atoms with E-state index in [2.05, 4.69) is 36.7 Å². The van der Waals surface area contributed by atoms with Crippen molar-refractivity contribution in [3.05, 3.63) is 34.6 Å². The van der Waals surface area contributed by atoms with Crippen LogP contribution in [-0.4, -0.2) is 33.3 Å². The van der Waals surface area contributed by atoms with Crippen molar-refractivity contribution in [2.75, 3.05) is 13.1 Å². The summed E-state index contributed by atoms with van der Waals surface area (Å²) in [6, 6.07) is 7.91. The molecule has 1 aliphatic rings. The molecule has 0 amide bonds. The summed E-state index contributed by atoms with van der Waals surface area (Å²) in [5, 5.41) is 16.1. The van der Waals surface area contributed by atoms with Crippen molar-refractivity contribution < 1.29 is 0 Å². The molecule has 3 rings (SSSR count). The average Bonchev–Trinajstić information content (AvgIpc) is 2.88. The van der Waals surface area contributed by atoms with Crippen LogP contribution in [0.15, 0.2) is 28.7 Å². The van der Waals surface area contributed by atoms with E-state index in [1.807, 2.05) is 24.3 Å². The Morgan fingerprint density at radius 2 is 2.16 bits per heavy atom. The van der Waals surface area contributed by atoms with E-state index in [0.29, 0.717) is 5.92 Å². The van der Waals surface area contributed by atoms with Crippen LogP contribution in [0, 0.1) is 5.92 Å². The third-order valence-electron chi connectivity index (χ3n) is 3.42. The van der Waals surface area contributed by atoms with Crippen molar-refractivity contribution >= 4 is 15.9 Å². The van der Waals surface area contributed by atoms with Crippen LogP contribution in [0.5, 0.6) is 0 Å². The maximum absolute atomic E-state index is 4.47. The summed E-state index contributed by atoms with van der Waals surface area (Å²) in [4.78, 5) is 1.60. The topological polar surface area (TPSA) is 55.6 Å². The molecule has 1 fully saturated rings. The lowest BCUT2D eigenvalue weighted by Crippen LogP contribution is -2.28. The number of nitrogens with zero attached hydrogens (tertiary/aromatic N) is 4. The molecule has 19 heavy (non-hydrogen) atoms. The van der Waals surface area contributed by atoms with Crippen molar-refractivity contribution in [1.29, 1.82) is 0 Å². The highest BCUT2D eigenvalue weighted by molar-refractivity contribution is 9.10. The third-order valence-corrected chi connectivity index (χ3v) is 3.92.